The monoisotopic (exact) mass is 457 g/mol. The van der Waals surface area contributed by atoms with Gasteiger partial charge in [-0.1, -0.05) is 12.6 Å². The van der Waals surface area contributed by atoms with Crippen LogP contribution < -0.4 is 20.1 Å². The lowest BCUT2D eigenvalue weighted by molar-refractivity contribution is 0.410. The van der Waals surface area contributed by atoms with Crippen molar-refractivity contribution in [1.29, 1.82) is 0 Å². The van der Waals surface area contributed by atoms with Crippen LogP contribution in [0.15, 0.2) is 48.8 Å². The minimum atomic E-state index is -3.54. The molecule has 1 fully saturated rings. The van der Waals surface area contributed by atoms with Crippen molar-refractivity contribution in [1.82, 2.24) is 24.7 Å². The quantitative estimate of drug-likeness (QED) is 0.546. The fourth-order valence-electron chi connectivity index (χ4n) is 3.23. The number of hydrogen-bond acceptors (Lipinski definition) is 9. The lowest BCUT2D eigenvalue weighted by Crippen LogP contribution is -2.59. The van der Waals surface area contributed by atoms with Gasteiger partial charge in [0.1, 0.15) is 18.0 Å². The third kappa shape index (κ3) is 4.50. The first-order chi connectivity index (χ1) is 15.3. The van der Waals surface area contributed by atoms with E-state index >= 15 is 0 Å². The molecule has 166 valence electrons. The number of aromatic nitrogens is 4. The first kappa shape index (κ1) is 21.6. The fraction of sp³-hybridized carbons (Fsp3) is 0.200. The average Bonchev–Trinajstić information content (AvgIpc) is 2.72. The molecule has 0 radical (unpaired) electrons. The van der Waals surface area contributed by atoms with E-state index in [-0.39, 0.29) is 23.6 Å². The highest BCUT2D eigenvalue weighted by Crippen LogP contribution is 2.37. The second-order valence-corrected chi connectivity index (χ2v) is 8.78. The predicted molar refractivity (Wildman–Crippen MR) is 117 cm³/mol. The molecule has 1 saturated heterocycles. The van der Waals surface area contributed by atoms with Crippen LogP contribution in [0, 0.1) is 12.7 Å². The molecule has 2 aromatic heterocycles. The Hall–Kier alpha value is -3.64. The second-order valence-electron chi connectivity index (χ2n) is 7.12. The Bertz CT molecular complexity index is 1280. The number of nitrogens with zero attached hydrogens (tertiary/aromatic N) is 5. The predicted octanol–water partition coefficient (Wildman–Crippen LogP) is 2.01. The van der Waals surface area contributed by atoms with Gasteiger partial charge in [0.2, 0.25) is 10.0 Å². The minimum Gasteiger partial charge on any atom is -0.421 e. The summed E-state index contributed by atoms with van der Waals surface area (Å²) in [6.45, 7) is 5.78. The Balaban J connectivity index is 1.58. The van der Waals surface area contributed by atoms with Gasteiger partial charge in [0.05, 0.1) is 11.6 Å². The van der Waals surface area contributed by atoms with Crippen molar-refractivity contribution in [3.05, 3.63) is 60.3 Å². The van der Waals surface area contributed by atoms with Crippen LogP contribution in [0.25, 0.3) is 11.1 Å². The molecule has 0 spiro atoms. The number of aryl methyl sites for hydroxylation is 1. The molecule has 4 rings (SSSR count). The van der Waals surface area contributed by atoms with Gasteiger partial charge >= 0.3 is 6.01 Å². The van der Waals surface area contributed by atoms with E-state index < -0.39 is 15.8 Å². The second kappa shape index (κ2) is 8.48. The molecule has 3 aromatic rings. The van der Waals surface area contributed by atoms with E-state index in [0.29, 0.717) is 35.7 Å². The molecule has 0 saturated carbocycles. The molecule has 3 heterocycles. The molecule has 12 heteroatoms. The number of benzene rings is 1. The summed E-state index contributed by atoms with van der Waals surface area (Å²) in [6.07, 6.45) is 2.83. The number of nitrogen functional groups attached to an aromatic ring is 1. The zero-order valence-electron chi connectivity index (χ0n) is 17.1. The highest BCUT2D eigenvalue weighted by atomic mass is 32.2. The molecule has 1 aliphatic heterocycles. The summed E-state index contributed by atoms with van der Waals surface area (Å²) in [6, 6.07) is 5.78. The molecule has 1 aliphatic rings. The highest BCUT2D eigenvalue weighted by molar-refractivity contribution is 7.92. The van der Waals surface area contributed by atoms with Crippen LogP contribution in [0.5, 0.6) is 11.8 Å². The van der Waals surface area contributed by atoms with Gasteiger partial charge in [0.15, 0.2) is 11.6 Å². The largest absolute Gasteiger partial charge is 0.421 e. The van der Waals surface area contributed by atoms with Crippen molar-refractivity contribution >= 4 is 21.7 Å². The van der Waals surface area contributed by atoms with E-state index in [2.05, 4.69) is 31.2 Å². The van der Waals surface area contributed by atoms with E-state index in [0.717, 1.165) is 5.41 Å². The molecular weight excluding hydrogens is 437 g/mol. The minimum absolute atomic E-state index is 0.0356. The molecule has 10 nitrogen and oxygen atoms in total. The summed E-state index contributed by atoms with van der Waals surface area (Å²) in [7, 11) is -3.54. The summed E-state index contributed by atoms with van der Waals surface area (Å²) in [5.41, 5.74) is 7.66. The number of anilines is 2. The Morgan fingerprint density at radius 1 is 1.28 bits per heavy atom. The maximum Gasteiger partial charge on any atom is 0.322 e. The van der Waals surface area contributed by atoms with Crippen molar-refractivity contribution < 1.29 is 17.5 Å². The molecular formula is C20H20FN7O3S. The zero-order valence-corrected chi connectivity index (χ0v) is 17.9. The summed E-state index contributed by atoms with van der Waals surface area (Å²) in [5.74, 6) is -0.0388. The number of sulfonamides is 1. The van der Waals surface area contributed by atoms with Gasteiger partial charge in [0.25, 0.3) is 0 Å². The third-order valence-electron chi connectivity index (χ3n) is 4.78. The first-order valence-corrected chi connectivity index (χ1v) is 11.1. The SMILES string of the molecule is C=CS(=O)(=O)NC1CN(c2ncnc(N)c2-c2ccc(Oc3nccc(C)n3)c(F)c2)C1. The number of nitrogens with one attached hydrogen (secondary N) is 1. The number of halogens is 1. The maximum absolute atomic E-state index is 14.8. The smallest absolute Gasteiger partial charge is 0.322 e. The van der Waals surface area contributed by atoms with Crippen molar-refractivity contribution in [2.24, 2.45) is 0 Å². The van der Waals surface area contributed by atoms with E-state index in [1.807, 2.05) is 4.90 Å². The lowest BCUT2D eigenvalue weighted by atomic mass is 10.0. The Morgan fingerprint density at radius 3 is 2.75 bits per heavy atom. The van der Waals surface area contributed by atoms with Gasteiger partial charge in [0, 0.05) is 30.4 Å². The van der Waals surface area contributed by atoms with E-state index in [1.54, 1.807) is 19.1 Å². The molecule has 0 atom stereocenters. The molecule has 3 N–H and O–H groups in total. The van der Waals surface area contributed by atoms with Gasteiger partial charge in [-0.3, -0.25) is 0 Å². The molecule has 0 aliphatic carbocycles. The van der Waals surface area contributed by atoms with Crippen LogP contribution >= 0.6 is 0 Å². The standard InChI is InChI=1S/C20H20FN7O3S/c1-3-32(29,30)27-14-9-28(10-14)19-17(18(22)24-11-25-19)13-4-5-16(15(21)8-13)31-20-23-7-6-12(2)26-20/h3-8,11,14,27H,1,9-10H2,2H3,(H2,22,24,25). The number of rotatable bonds is 7. The number of ether oxygens (including phenoxy) is 1. The zero-order chi connectivity index (χ0) is 22.9. The summed E-state index contributed by atoms with van der Waals surface area (Å²) in [5, 5.41) is 0.859. The first-order valence-electron chi connectivity index (χ1n) is 9.53. The highest BCUT2D eigenvalue weighted by Gasteiger charge is 2.32. The Kier molecular flexibility index (Phi) is 5.72. The fourth-order valence-corrected chi connectivity index (χ4v) is 3.94. The van der Waals surface area contributed by atoms with Crippen LogP contribution in [-0.4, -0.2) is 47.5 Å². The van der Waals surface area contributed by atoms with E-state index in [9.17, 15) is 12.8 Å². The lowest BCUT2D eigenvalue weighted by Gasteiger charge is -2.40. The maximum atomic E-state index is 14.8. The van der Waals surface area contributed by atoms with Gasteiger partial charge in [-0.2, -0.15) is 0 Å². The van der Waals surface area contributed by atoms with Crippen LogP contribution in [-0.2, 0) is 10.0 Å². The molecule has 1 aromatic carbocycles. The van der Waals surface area contributed by atoms with Gasteiger partial charge in [-0.05, 0) is 30.7 Å². The van der Waals surface area contributed by atoms with E-state index in [4.69, 9.17) is 10.5 Å². The normalized spacial score (nSPS) is 14.1. The van der Waals surface area contributed by atoms with Crippen molar-refractivity contribution in [3.63, 3.8) is 0 Å². The summed E-state index contributed by atoms with van der Waals surface area (Å²) in [4.78, 5) is 18.2. The van der Waals surface area contributed by atoms with Crippen molar-refractivity contribution in [2.75, 3.05) is 23.7 Å². The molecule has 0 amide bonds. The van der Waals surface area contributed by atoms with Gasteiger partial charge in [-0.25, -0.2) is 37.5 Å². The third-order valence-corrected chi connectivity index (χ3v) is 5.88. The Labute approximate surface area is 184 Å². The van der Waals surface area contributed by atoms with Gasteiger partial charge < -0.3 is 15.4 Å². The number of hydrogen-bond donors (Lipinski definition) is 2. The number of nitrogens with two attached hydrogens (primary N) is 1. The summed E-state index contributed by atoms with van der Waals surface area (Å²) >= 11 is 0. The Morgan fingerprint density at radius 2 is 2.06 bits per heavy atom. The molecule has 0 bridgehead atoms. The van der Waals surface area contributed by atoms with Gasteiger partial charge in [-0.15, -0.1) is 0 Å². The average molecular weight is 457 g/mol. The molecule has 0 unspecified atom stereocenters. The topological polar surface area (TPSA) is 136 Å². The van der Waals surface area contributed by atoms with Crippen molar-refractivity contribution in [2.45, 2.75) is 13.0 Å². The molecule has 32 heavy (non-hydrogen) atoms. The van der Waals surface area contributed by atoms with Crippen molar-refractivity contribution in [3.8, 4) is 22.9 Å². The van der Waals surface area contributed by atoms with Crippen LogP contribution in [0.3, 0.4) is 0 Å². The van der Waals surface area contributed by atoms with Crippen LogP contribution in [0.4, 0.5) is 16.0 Å². The summed E-state index contributed by atoms with van der Waals surface area (Å²) < 4.78 is 46.1. The van der Waals surface area contributed by atoms with E-state index in [1.165, 1.54) is 24.7 Å². The van der Waals surface area contributed by atoms with Crippen LogP contribution in [0.1, 0.15) is 5.69 Å². The van der Waals surface area contributed by atoms with Crippen LogP contribution in [0.2, 0.25) is 0 Å².